The third-order valence-electron chi connectivity index (χ3n) is 3.14. The quantitative estimate of drug-likeness (QED) is 0.730. The molecule has 0 saturated carbocycles. The molecule has 0 aliphatic carbocycles. The SMILES string of the molecule is C#Cc1sc2nccc(-c3cccc(OC)c3)c2c1N. The minimum atomic E-state index is 0.624. The average molecular weight is 280 g/mol. The van der Waals surface area contributed by atoms with Gasteiger partial charge in [-0.1, -0.05) is 18.1 Å². The van der Waals surface area contributed by atoms with Crippen molar-refractivity contribution < 1.29 is 4.74 Å². The summed E-state index contributed by atoms with van der Waals surface area (Å²) in [4.78, 5) is 5.93. The molecule has 0 bridgehead atoms. The van der Waals surface area contributed by atoms with Crippen LogP contribution in [0.5, 0.6) is 5.75 Å². The van der Waals surface area contributed by atoms with Gasteiger partial charge < -0.3 is 10.5 Å². The second-order valence-electron chi connectivity index (χ2n) is 4.26. The lowest BCUT2D eigenvalue weighted by molar-refractivity contribution is 0.415. The summed E-state index contributed by atoms with van der Waals surface area (Å²) in [6.45, 7) is 0. The van der Waals surface area contributed by atoms with E-state index >= 15 is 0 Å². The molecule has 4 heteroatoms. The topological polar surface area (TPSA) is 48.1 Å². The number of hydrogen-bond donors (Lipinski definition) is 1. The standard InChI is InChI=1S/C16H12N2OS/c1-3-13-15(17)14-12(7-8-18-16(14)20-13)10-5-4-6-11(9-10)19-2/h1,4-9H,17H2,2H3. The molecule has 2 N–H and O–H groups in total. The largest absolute Gasteiger partial charge is 0.497 e. The van der Waals surface area contributed by atoms with Crippen LogP contribution in [0.25, 0.3) is 21.3 Å². The van der Waals surface area contributed by atoms with Crippen molar-refractivity contribution in [2.75, 3.05) is 12.8 Å². The highest BCUT2D eigenvalue weighted by Crippen LogP contribution is 2.39. The van der Waals surface area contributed by atoms with Crippen molar-refractivity contribution in [3.63, 3.8) is 0 Å². The van der Waals surface area contributed by atoms with Gasteiger partial charge in [0.2, 0.25) is 0 Å². The molecule has 0 amide bonds. The minimum absolute atomic E-state index is 0.624. The summed E-state index contributed by atoms with van der Waals surface area (Å²) in [5, 5.41) is 0.915. The number of fused-ring (bicyclic) bond motifs is 1. The van der Waals surface area contributed by atoms with Crippen molar-refractivity contribution in [2.45, 2.75) is 0 Å². The van der Waals surface area contributed by atoms with Crippen molar-refractivity contribution in [3.05, 3.63) is 41.4 Å². The highest BCUT2D eigenvalue weighted by atomic mass is 32.1. The Bertz CT molecular complexity index is 830. The summed E-state index contributed by atoms with van der Waals surface area (Å²) < 4.78 is 5.27. The molecule has 0 radical (unpaired) electrons. The highest BCUT2D eigenvalue weighted by Gasteiger charge is 2.14. The van der Waals surface area contributed by atoms with Crippen LogP contribution in [-0.2, 0) is 0 Å². The number of anilines is 1. The first-order valence-corrected chi connectivity index (χ1v) is 6.84. The molecule has 2 aromatic heterocycles. The van der Waals surface area contributed by atoms with Gasteiger partial charge in [-0.05, 0) is 29.3 Å². The Kier molecular flexibility index (Phi) is 3.05. The third-order valence-corrected chi connectivity index (χ3v) is 4.19. The van der Waals surface area contributed by atoms with Crippen LogP contribution in [0.1, 0.15) is 4.88 Å². The molecule has 0 unspecified atom stereocenters. The monoisotopic (exact) mass is 280 g/mol. The van der Waals surface area contributed by atoms with Gasteiger partial charge in [-0.2, -0.15) is 0 Å². The van der Waals surface area contributed by atoms with Crippen molar-refractivity contribution in [1.29, 1.82) is 0 Å². The lowest BCUT2D eigenvalue weighted by atomic mass is 10.0. The molecule has 98 valence electrons. The number of aromatic nitrogens is 1. The van der Waals surface area contributed by atoms with E-state index in [2.05, 4.69) is 10.9 Å². The highest BCUT2D eigenvalue weighted by molar-refractivity contribution is 7.20. The second-order valence-corrected chi connectivity index (χ2v) is 5.26. The van der Waals surface area contributed by atoms with Gasteiger partial charge in [-0.25, -0.2) is 4.98 Å². The summed E-state index contributed by atoms with van der Waals surface area (Å²) in [5.41, 5.74) is 8.83. The number of rotatable bonds is 2. The molecular weight excluding hydrogens is 268 g/mol. The molecule has 0 aliphatic rings. The number of pyridine rings is 1. The van der Waals surface area contributed by atoms with Crippen LogP contribution in [0, 0.1) is 12.3 Å². The Balaban J connectivity index is 2.31. The number of nitrogens with zero attached hydrogens (tertiary/aromatic N) is 1. The zero-order chi connectivity index (χ0) is 14.1. The number of thiophene rings is 1. The molecule has 0 aliphatic heterocycles. The number of nitrogens with two attached hydrogens (primary N) is 1. The van der Waals surface area contributed by atoms with Crippen LogP contribution in [-0.4, -0.2) is 12.1 Å². The molecule has 0 atom stereocenters. The maximum Gasteiger partial charge on any atom is 0.127 e. The van der Waals surface area contributed by atoms with E-state index in [-0.39, 0.29) is 0 Å². The Morgan fingerprint density at radius 2 is 2.20 bits per heavy atom. The van der Waals surface area contributed by atoms with E-state index < -0.39 is 0 Å². The van der Waals surface area contributed by atoms with Crippen molar-refractivity contribution >= 4 is 27.2 Å². The van der Waals surface area contributed by atoms with Crippen molar-refractivity contribution in [3.8, 4) is 29.2 Å². The van der Waals surface area contributed by atoms with Gasteiger partial charge >= 0.3 is 0 Å². The lowest BCUT2D eigenvalue weighted by Crippen LogP contribution is -1.89. The van der Waals surface area contributed by atoms with Gasteiger partial charge in [0.25, 0.3) is 0 Å². The predicted molar refractivity (Wildman–Crippen MR) is 84.0 cm³/mol. The number of terminal acetylenes is 1. The molecule has 2 heterocycles. The fraction of sp³-hybridized carbons (Fsp3) is 0.0625. The van der Waals surface area contributed by atoms with Gasteiger partial charge in [0.15, 0.2) is 0 Å². The normalized spacial score (nSPS) is 10.4. The van der Waals surface area contributed by atoms with Gasteiger partial charge in [-0.15, -0.1) is 17.8 Å². The van der Waals surface area contributed by atoms with Gasteiger partial charge in [-0.3, -0.25) is 0 Å². The van der Waals surface area contributed by atoms with Gasteiger partial charge in [0.05, 0.1) is 12.8 Å². The number of methoxy groups -OCH3 is 1. The van der Waals surface area contributed by atoms with Crippen LogP contribution < -0.4 is 10.5 Å². The smallest absolute Gasteiger partial charge is 0.127 e. The molecule has 0 fully saturated rings. The number of nitrogen functional groups attached to an aromatic ring is 1. The van der Waals surface area contributed by atoms with Gasteiger partial charge in [0, 0.05) is 11.6 Å². The van der Waals surface area contributed by atoms with Crippen LogP contribution in [0.3, 0.4) is 0 Å². The first-order valence-electron chi connectivity index (χ1n) is 6.02. The summed E-state index contributed by atoms with van der Waals surface area (Å²) in [7, 11) is 1.65. The first-order chi connectivity index (χ1) is 9.74. The Morgan fingerprint density at radius 3 is 2.95 bits per heavy atom. The number of hydrogen-bond acceptors (Lipinski definition) is 4. The zero-order valence-electron chi connectivity index (χ0n) is 10.9. The van der Waals surface area contributed by atoms with Crippen molar-refractivity contribution in [1.82, 2.24) is 4.98 Å². The van der Waals surface area contributed by atoms with Crippen LogP contribution in [0.15, 0.2) is 36.5 Å². The Morgan fingerprint density at radius 1 is 1.35 bits per heavy atom. The Hall–Kier alpha value is -2.51. The molecule has 3 rings (SSSR count). The van der Waals surface area contributed by atoms with E-state index in [1.165, 1.54) is 11.3 Å². The summed E-state index contributed by atoms with van der Waals surface area (Å²) >= 11 is 1.44. The average Bonchev–Trinajstić information content (AvgIpc) is 2.84. The molecule has 3 nitrogen and oxygen atoms in total. The van der Waals surface area contributed by atoms with Crippen molar-refractivity contribution in [2.24, 2.45) is 0 Å². The summed E-state index contributed by atoms with van der Waals surface area (Å²) in [6.07, 6.45) is 7.25. The molecule has 0 spiro atoms. The van der Waals surface area contributed by atoms with E-state index in [9.17, 15) is 0 Å². The van der Waals surface area contributed by atoms with E-state index in [0.717, 1.165) is 32.0 Å². The Labute approximate surface area is 121 Å². The number of benzene rings is 1. The third kappa shape index (κ3) is 1.89. The first kappa shape index (κ1) is 12.5. The fourth-order valence-electron chi connectivity index (χ4n) is 2.18. The zero-order valence-corrected chi connectivity index (χ0v) is 11.7. The predicted octanol–water partition coefficient (Wildman–Crippen LogP) is 3.54. The molecule has 1 aromatic carbocycles. The summed E-state index contributed by atoms with van der Waals surface area (Å²) in [5.74, 6) is 3.42. The molecule has 20 heavy (non-hydrogen) atoms. The van der Waals surface area contributed by atoms with Crippen LogP contribution >= 0.6 is 11.3 Å². The van der Waals surface area contributed by atoms with E-state index in [1.54, 1.807) is 13.3 Å². The maximum absolute atomic E-state index is 6.15. The van der Waals surface area contributed by atoms with E-state index in [4.69, 9.17) is 16.9 Å². The van der Waals surface area contributed by atoms with Gasteiger partial charge in [0.1, 0.15) is 15.5 Å². The van der Waals surface area contributed by atoms with E-state index in [1.807, 2.05) is 30.3 Å². The molecule has 3 aromatic rings. The molecule has 0 saturated heterocycles. The lowest BCUT2D eigenvalue weighted by Gasteiger charge is -2.06. The number of ether oxygens (including phenoxy) is 1. The molecular formula is C16H12N2OS. The van der Waals surface area contributed by atoms with E-state index in [0.29, 0.717) is 5.69 Å². The van der Waals surface area contributed by atoms with Crippen LogP contribution in [0.2, 0.25) is 0 Å². The minimum Gasteiger partial charge on any atom is -0.497 e. The fourth-order valence-corrected chi connectivity index (χ4v) is 3.08. The maximum atomic E-state index is 6.15. The van der Waals surface area contributed by atoms with Crippen LogP contribution in [0.4, 0.5) is 5.69 Å². The second kappa shape index (κ2) is 4.87. The summed E-state index contributed by atoms with van der Waals surface area (Å²) in [6, 6.07) is 9.79.